The van der Waals surface area contributed by atoms with Gasteiger partial charge in [0, 0.05) is 17.9 Å². The molecule has 7 nitrogen and oxygen atoms in total. The molecule has 7 heteroatoms. The molecule has 0 aromatic heterocycles. The third-order valence-electron chi connectivity index (χ3n) is 6.18. The summed E-state index contributed by atoms with van der Waals surface area (Å²) < 4.78 is 5.22. The molecule has 1 N–H and O–H groups in total. The van der Waals surface area contributed by atoms with Gasteiger partial charge >= 0.3 is 0 Å². The number of benzene rings is 2. The molecule has 2 aliphatic rings. The smallest absolute Gasteiger partial charge is 0.260 e. The molecular formula is C24H27N3O4. The van der Waals surface area contributed by atoms with Crippen molar-refractivity contribution < 1.29 is 19.1 Å². The lowest BCUT2D eigenvalue weighted by Crippen LogP contribution is -2.75. The Balaban J connectivity index is 1.78. The van der Waals surface area contributed by atoms with Gasteiger partial charge < -0.3 is 15.0 Å². The minimum absolute atomic E-state index is 0.230. The van der Waals surface area contributed by atoms with Gasteiger partial charge in [0.15, 0.2) is 0 Å². The van der Waals surface area contributed by atoms with E-state index in [9.17, 15) is 14.4 Å². The van der Waals surface area contributed by atoms with Crippen molar-refractivity contribution in [1.82, 2.24) is 4.90 Å². The van der Waals surface area contributed by atoms with E-state index in [0.29, 0.717) is 30.1 Å². The third kappa shape index (κ3) is 3.54. The highest BCUT2D eigenvalue weighted by Gasteiger charge is 2.58. The van der Waals surface area contributed by atoms with Gasteiger partial charge in [-0.25, -0.2) is 0 Å². The molecule has 31 heavy (non-hydrogen) atoms. The van der Waals surface area contributed by atoms with Gasteiger partial charge in [-0.3, -0.25) is 19.3 Å². The van der Waals surface area contributed by atoms with E-state index in [1.165, 1.54) is 11.8 Å². The van der Waals surface area contributed by atoms with Crippen molar-refractivity contribution >= 4 is 29.1 Å². The summed E-state index contributed by atoms with van der Waals surface area (Å²) in [6.45, 7) is 3.95. The van der Waals surface area contributed by atoms with Crippen LogP contribution in [0.4, 0.5) is 11.4 Å². The van der Waals surface area contributed by atoms with Crippen molar-refractivity contribution in [1.29, 1.82) is 0 Å². The molecule has 2 saturated heterocycles. The average molecular weight is 421 g/mol. The predicted molar refractivity (Wildman–Crippen MR) is 118 cm³/mol. The van der Waals surface area contributed by atoms with Crippen LogP contribution >= 0.6 is 0 Å². The fraction of sp³-hybridized carbons (Fsp3) is 0.375. The van der Waals surface area contributed by atoms with Crippen molar-refractivity contribution in [3.8, 4) is 5.75 Å². The molecular weight excluding hydrogens is 394 g/mol. The van der Waals surface area contributed by atoms with Gasteiger partial charge in [0.05, 0.1) is 7.11 Å². The number of nitrogens with one attached hydrogen (secondary N) is 1. The van der Waals surface area contributed by atoms with Gasteiger partial charge in [-0.05, 0) is 75.1 Å². The molecule has 0 spiro atoms. The van der Waals surface area contributed by atoms with E-state index in [0.717, 1.165) is 18.4 Å². The SMILES string of the molecule is COc1ccc(N2C(=O)C3CCCCN3C(=O)C2(C)C(=O)Nc2cccc(C)c2)cc1. The molecule has 0 saturated carbocycles. The fourth-order valence-corrected chi connectivity index (χ4v) is 4.47. The first-order valence-electron chi connectivity index (χ1n) is 10.5. The topological polar surface area (TPSA) is 79.0 Å². The van der Waals surface area contributed by atoms with Gasteiger partial charge in [-0.15, -0.1) is 0 Å². The second-order valence-corrected chi connectivity index (χ2v) is 8.28. The molecule has 0 bridgehead atoms. The Morgan fingerprint density at radius 1 is 1.13 bits per heavy atom. The Labute approximate surface area is 182 Å². The highest BCUT2D eigenvalue weighted by atomic mass is 16.5. The summed E-state index contributed by atoms with van der Waals surface area (Å²) in [6.07, 6.45) is 2.31. The lowest BCUT2D eigenvalue weighted by molar-refractivity contribution is -0.155. The van der Waals surface area contributed by atoms with E-state index >= 15 is 0 Å². The minimum atomic E-state index is -1.71. The Morgan fingerprint density at radius 2 is 1.87 bits per heavy atom. The number of hydrogen-bond acceptors (Lipinski definition) is 4. The minimum Gasteiger partial charge on any atom is -0.497 e. The first-order valence-corrected chi connectivity index (χ1v) is 10.5. The van der Waals surface area contributed by atoms with Crippen LogP contribution in [0.5, 0.6) is 5.75 Å². The van der Waals surface area contributed by atoms with Crippen molar-refractivity contribution in [3.63, 3.8) is 0 Å². The number of carbonyl (C=O) groups excluding carboxylic acids is 3. The van der Waals surface area contributed by atoms with Crippen LogP contribution in [0.25, 0.3) is 0 Å². The third-order valence-corrected chi connectivity index (χ3v) is 6.18. The number of carbonyl (C=O) groups is 3. The largest absolute Gasteiger partial charge is 0.497 e. The molecule has 162 valence electrons. The van der Waals surface area contributed by atoms with E-state index < -0.39 is 17.5 Å². The van der Waals surface area contributed by atoms with Crippen LogP contribution in [0.3, 0.4) is 0 Å². The summed E-state index contributed by atoms with van der Waals surface area (Å²) in [5.41, 5.74) is 0.355. The summed E-state index contributed by atoms with van der Waals surface area (Å²) >= 11 is 0. The van der Waals surface area contributed by atoms with E-state index in [4.69, 9.17) is 4.74 Å². The Kier molecular flexibility index (Phi) is 5.43. The zero-order chi connectivity index (χ0) is 22.2. The summed E-state index contributed by atoms with van der Waals surface area (Å²) in [6, 6.07) is 13.7. The van der Waals surface area contributed by atoms with Crippen LogP contribution in [0, 0.1) is 6.92 Å². The zero-order valence-corrected chi connectivity index (χ0v) is 18.1. The standard InChI is InChI=1S/C24H27N3O4/c1-16-7-6-8-17(15-16)25-22(29)24(2)23(30)26-14-5-4-9-20(26)21(28)27(24)18-10-12-19(31-3)13-11-18/h6-8,10-13,15,20H,4-5,9,14H2,1-3H3,(H,25,29). The maximum atomic E-state index is 13.7. The highest BCUT2D eigenvalue weighted by molar-refractivity contribution is 6.25. The molecule has 2 aliphatic heterocycles. The second-order valence-electron chi connectivity index (χ2n) is 8.28. The number of piperidine rings is 1. The molecule has 4 rings (SSSR count). The first kappa shape index (κ1) is 20.9. The maximum Gasteiger partial charge on any atom is 0.260 e. The van der Waals surface area contributed by atoms with Crippen LogP contribution in [-0.4, -0.2) is 47.9 Å². The normalized spacial score (nSPS) is 23.4. The highest BCUT2D eigenvalue weighted by Crippen LogP contribution is 2.37. The summed E-state index contributed by atoms with van der Waals surface area (Å²) in [5.74, 6) is -0.481. The number of fused-ring (bicyclic) bond motifs is 1. The molecule has 2 fully saturated rings. The Bertz CT molecular complexity index is 1020. The Hall–Kier alpha value is -3.35. The molecule has 2 atom stereocenters. The molecule has 3 amide bonds. The molecule has 0 radical (unpaired) electrons. The number of ether oxygens (including phenoxy) is 1. The lowest BCUT2D eigenvalue weighted by Gasteiger charge is -2.51. The fourth-order valence-electron chi connectivity index (χ4n) is 4.47. The van der Waals surface area contributed by atoms with Crippen LogP contribution in [0.15, 0.2) is 48.5 Å². The number of methoxy groups -OCH3 is 1. The van der Waals surface area contributed by atoms with E-state index in [2.05, 4.69) is 5.32 Å². The molecule has 2 aromatic rings. The number of hydrogen-bond donors (Lipinski definition) is 1. The number of rotatable bonds is 4. The number of nitrogens with zero attached hydrogens (tertiary/aromatic N) is 2. The molecule has 2 heterocycles. The number of piperazine rings is 1. The van der Waals surface area contributed by atoms with E-state index in [-0.39, 0.29) is 11.8 Å². The monoisotopic (exact) mass is 421 g/mol. The summed E-state index contributed by atoms with van der Waals surface area (Å²) in [7, 11) is 1.56. The van der Waals surface area contributed by atoms with E-state index in [1.54, 1.807) is 42.3 Å². The first-order chi connectivity index (χ1) is 14.9. The van der Waals surface area contributed by atoms with Crippen LogP contribution in [0.1, 0.15) is 31.7 Å². The number of aryl methyl sites for hydroxylation is 1. The average Bonchev–Trinajstić information content (AvgIpc) is 2.78. The van der Waals surface area contributed by atoms with Crippen LogP contribution in [-0.2, 0) is 14.4 Å². The lowest BCUT2D eigenvalue weighted by atomic mass is 9.86. The predicted octanol–water partition coefficient (Wildman–Crippen LogP) is 3.13. The molecule has 2 unspecified atom stereocenters. The van der Waals surface area contributed by atoms with Crippen molar-refractivity contribution in [2.24, 2.45) is 0 Å². The molecule has 0 aliphatic carbocycles. The summed E-state index contributed by atoms with van der Waals surface area (Å²) in [5, 5.41) is 2.86. The van der Waals surface area contributed by atoms with Crippen LogP contribution < -0.4 is 15.0 Å². The number of amides is 3. The summed E-state index contributed by atoms with van der Waals surface area (Å²) in [4.78, 5) is 43.8. The molecule has 2 aromatic carbocycles. The van der Waals surface area contributed by atoms with Gasteiger partial charge in [-0.1, -0.05) is 12.1 Å². The van der Waals surface area contributed by atoms with Gasteiger partial charge in [0.2, 0.25) is 5.54 Å². The maximum absolute atomic E-state index is 13.7. The van der Waals surface area contributed by atoms with Gasteiger partial charge in [-0.2, -0.15) is 0 Å². The number of anilines is 2. The van der Waals surface area contributed by atoms with Crippen LogP contribution in [0.2, 0.25) is 0 Å². The van der Waals surface area contributed by atoms with Gasteiger partial charge in [0.1, 0.15) is 11.8 Å². The van der Waals surface area contributed by atoms with Gasteiger partial charge in [0.25, 0.3) is 17.7 Å². The Morgan fingerprint density at radius 3 is 2.55 bits per heavy atom. The van der Waals surface area contributed by atoms with Crippen molar-refractivity contribution in [3.05, 3.63) is 54.1 Å². The van der Waals surface area contributed by atoms with Crippen molar-refractivity contribution in [2.45, 2.75) is 44.7 Å². The quantitative estimate of drug-likeness (QED) is 0.770. The van der Waals surface area contributed by atoms with Crippen molar-refractivity contribution in [2.75, 3.05) is 23.9 Å². The van der Waals surface area contributed by atoms with E-state index in [1.807, 2.05) is 25.1 Å². The second kappa shape index (κ2) is 8.06. The zero-order valence-electron chi connectivity index (χ0n) is 18.1.